The topological polar surface area (TPSA) is 32.3 Å². The number of benzene rings is 1. The Kier molecular flexibility index (Phi) is 5.91. The summed E-state index contributed by atoms with van der Waals surface area (Å²) in [5.41, 5.74) is -0.660. The zero-order valence-corrected chi connectivity index (χ0v) is 14.2. The number of carbonyl (C=O) groups excluding carboxylic acids is 1. The normalized spacial score (nSPS) is 16.3. The third kappa shape index (κ3) is 5.10. The van der Waals surface area contributed by atoms with Crippen molar-refractivity contribution >= 4 is 39.9 Å². The van der Waals surface area contributed by atoms with Gasteiger partial charge in [0, 0.05) is 18.8 Å². The third-order valence-electron chi connectivity index (χ3n) is 3.47. The van der Waals surface area contributed by atoms with E-state index in [1.54, 1.807) is 6.92 Å². The van der Waals surface area contributed by atoms with Gasteiger partial charge in [0.25, 0.3) is 0 Å². The van der Waals surface area contributed by atoms with Crippen LogP contribution in [0, 0.1) is 0 Å². The molecule has 0 bridgehead atoms. The standard InChI is InChI=1S/C15H17F3N2OS2/c1-10(23-14(22)20-7-2-3-8-20)13(21)19-12-6-4-5-11(9-12)15(16,17)18/h4-6,9-10H,2-3,7-8H2,1H3,(H,19,21)/t10-/m0/s1. The smallest absolute Gasteiger partial charge is 0.358 e. The molecule has 2 rings (SSSR count). The number of halogens is 3. The second-order valence-electron chi connectivity index (χ2n) is 5.29. The van der Waals surface area contributed by atoms with E-state index >= 15 is 0 Å². The van der Waals surface area contributed by atoms with Crippen molar-refractivity contribution in [3.63, 3.8) is 0 Å². The minimum Gasteiger partial charge on any atom is -0.358 e. The highest BCUT2D eigenvalue weighted by atomic mass is 32.2. The van der Waals surface area contributed by atoms with Crippen molar-refractivity contribution in [3.8, 4) is 0 Å². The van der Waals surface area contributed by atoms with E-state index in [1.165, 1.54) is 23.9 Å². The molecule has 0 spiro atoms. The molecule has 0 unspecified atom stereocenters. The summed E-state index contributed by atoms with van der Waals surface area (Å²) in [4.78, 5) is 14.2. The minimum absolute atomic E-state index is 0.129. The average molecular weight is 362 g/mol. The van der Waals surface area contributed by atoms with Gasteiger partial charge in [-0.05, 0) is 38.0 Å². The first kappa shape index (κ1) is 18.1. The molecule has 1 saturated heterocycles. The van der Waals surface area contributed by atoms with Crippen LogP contribution in [0.4, 0.5) is 18.9 Å². The van der Waals surface area contributed by atoms with E-state index in [0.717, 1.165) is 38.1 Å². The minimum atomic E-state index is -4.43. The Bertz CT molecular complexity index is 586. The molecule has 0 aliphatic carbocycles. The molecule has 8 heteroatoms. The van der Waals surface area contributed by atoms with Crippen LogP contribution in [0.25, 0.3) is 0 Å². The Morgan fingerprint density at radius 2 is 2.00 bits per heavy atom. The van der Waals surface area contributed by atoms with Gasteiger partial charge in [-0.2, -0.15) is 13.2 Å². The SMILES string of the molecule is C[C@H](SC(=S)N1CCCC1)C(=O)Nc1cccc(C(F)(F)F)c1. The van der Waals surface area contributed by atoms with E-state index < -0.39 is 17.0 Å². The molecule has 0 radical (unpaired) electrons. The fraction of sp³-hybridized carbons (Fsp3) is 0.467. The number of hydrogen-bond donors (Lipinski definition) is 1. The fourth-order valence-electron chi connectivity index (χ4n) is 2.20. The molecule has 1 aliphatic rings. The summed E-state index contributed by atoms with van der Waals surface area (Å²) in [5.74, 6) is -0.365. The molecular weight excluding hydrogens is 345 g/mol. The fourth-order valence-corrected chi connectivity index (χ4v) is 3.61. The Hall–Kier alpha value is -1.28. The third-order valence-corrected chi connectivity index (χ3v) is 5.04. The number of amides is 1. The van der Waals surface area contributed by atoms with E-state index in [1.807, 2.05) is 4.90 Å². The lowest BCUT2D eigenvalue weighted by Crippen LogP contribution is -2.29. The molecule has 1 aliphatic heterocycles. The van der Waals surface area contributed by atoms with Gasteiger partial charge in [-0.3, -0.25) is 4.79 Å². The number of likely N-dealkylation sites (tertiary alicyclic amines) is 1. The molecule has 1 heterocycles. The first-order valence-electron chi connectivity index (χ1n) is 7.21. The molecule has 1 aromatic rings. The molecule has 23 heavy (non-hydrogen) atoms. The molecular formula is C15H17F3N2OS2. The maximum absolute atomic E-state index is 12.7. The van der Waals surface area contributed by atoms with Crippen molar-refractivity contribution < 1.29 is 18.0 Å². The Morgan fingerprint density at radius 1 is 1.35 bits per heavy atom. The highest BCUT2D eigenvalue weighted by molar-refractivity contribution is 8.23. The van der Waals surface area contributed by atoms with Gasteiger partial charge in [0.1, 0.15) is 4.32 Å². The first-order chi connectivity index (χ1) is 10.8. The molecule has 1 aromatic carbocycles. The zero-order chi connectivity index (χ0) is 17.0. The Balaban J connectivity index is 1.94. The number of alkyl halides is 3. The van der Waals surface area contributed by atoms with E-state index in [-0.39, 0.29) is 11.6 Å². The van der Waals surface area contributed by atoms with Gasteiger partial charge in [0.05, 0.1) is 10.8 Å². The lowest BCUT2D eigenvalue weighted by Gasteiger charge is -2.20. The summed E-state index contributed by atoms with van der Waals surface area (Å²) in [5, 5.41) is 2.04. The average Bonchev–Trinajstić information content (AvgIpc) is 3.00. The van der Waals surface area contributed by atoms with Crippen LogP contribution in [0.15, 0.2) is 24.3 Å². The van der Waals surface area contributed by atoms with Gasteiger partial charge in [-0.15, -0.1) is 0 Å². The van der Waals surface area contributed by atoms with Gasteiger partial charge in [0.2, 0.25) is 5.91 Å². The van der Waals surface area contributed by atoms with Gasteiger partial charge in [0.15, 0.2) is 0 Å². The number of thioether (sulfide) groups is 1. The molecule has 0 aromatic heterocycles. The number of hydrogen-bond acceptors (Lipinski definition) is 3. The van der Waals surface area contributed by atoms with E-state index in [4.69, 9.17) is 12.2 Å². The number of thiocarbonyl (C=S) groups is 1. The Morgan fingerprint density at radius 3 is 2.61 bits per heavy atom. The van der Waals surface area contributed by atoms with Crippen LogP contribution in [0.1, 0.15) is 25.3 Å². The highest BCUT2D eigenvalue weighted by Gasteiger charge is 2.30. The second-order valence-corrected chi connectivity index (χ2v) is 7.26. The summed E-state index contributed by atoms with van der Waals surface area (Å²) in [6.45, 7) is 3.48. The number of anilines is 1. The molecule has 3 nitrogen and oxygen atoms in total. The van der Waals surface area contributed by atoms with Crippen LogP contribution in [0.2, 0.25) is 0 Å². The van der Waals surface area contributed by atoms with Crippen molar-refractivity contribution in [1.82, 2.24) is 4.90 Å². The predicted octanol–water partition coefficient (Wildman–Crippen LogP) is 4.15. The van der Waals surface area contributed by atoms with Crippen molar-refractivity contribution in [3.05, 3.63) is 29.8 Å². The molecule has 1 amide bonds. The van der Waals surface area contributed by atoms with Gasteiger partial charge in [-0.1, -0.05) is 30.0 Å². The summed E-state index contributed by atoms with van der Waals surface area (Å²) in [6, 6.07) is 4.60. The van der Waals surface area contributed by atoms with E-state index in [9.17, 15) is 18.0 Å². The van der Waals surface area contributed by atoms with E-state index in [0.29, 0.717) is 4.32 Å². The monoisotopic (exact) mass is 362 g/mol. The first-order valence-corrected chi connectivity index (χ1v) is 8.50. The second kappa shape index (κ2) is 7.53. The van der Waals surface area contributed by atoms with Crippen LogP contribution in [0.3, 0.4) is 0 Å². The van der Waals surface area contributed by atoms with Crippen molar-refractivity contribution in [2.75, 3.05) is 18.4 Å². The molecule has 1 N–H and O–H groups in total. The maximum Gasteiger partial charge on any atom is 0.416 e. The van der Waals surface area contributed by atoms with Crippen LogP contribution < -0.4 is 5.32 Å². The molecule has 126 valence electrons. The highest BCUT2D eigenvalue weighted by Crippen LogP contribution is 2.31. The van der Waals surface area contributed by atoms with E-state index in [2.05, 4.69) is 5.32 Å². The summed E-state index contributed by atoms with van der Waals surface area (Å²) >= 11 is 6.56. The van der Waals surface area contributed by atoms with Crippen LogP contribution in [-0.2, 0) is 11.0 Å². The van der Waals surface area contributed by atoms with Crippen LogP contribution in [0.5, 0.6) is 0 Å². The zero-order valence-electron chi connectivity index (χ0n) is 12.5. The summed E-state index contributed by atoms with van der Waals surface area (Å²) in [7, 11) is 0. The van der Waals surface area contributed by atoms with Crippen molar-refractivity contribution in [1.29, 1.82) is 0 Å². The van der Waals surface area contributed by atoms with Crippen molar-refractivity contribution in [2.45, 2.75) is 31.2 Å². The van der Waals surface area contributed by atoms with Gasteiger partial charge >= 0.3 is 6.18 Å². The van der Waals surface area contributed by atoms with Crippen molar-refractivity contribution in [2.24, 2.45) is 0 Å². The molecule has 0 saturated carbocycles. The summed E-state index contributed by atoms with van der Waals surface area (Å²) in [6.07, 6.45) is -2.25. The lowest BCUT2D eigenvalue weighted by molar-refractivity contribution is -0.137. The van der Waals surface area contributed by atoms with Gasteiger partial charge < -0.3 is 10.2 Å². The number of nitrogens with zero attached hydrogens (tertiary/aromatic N) is 1. The Labute approximate surface area is 142 Å². The van der Waals surface area contributed by atoms with Gasteiger partial charge in [-0.25, -0.2) is 0 Å². The number of nitrogens with one attached hydrogen (secondary N) is 1. The summed E-state index contributed by atoms with van der Waals surface area (Å²) < 4.78 is 38.7. The maximum atomic E-state index is 12.7. The molecule has 1 atom stereocenters. The largest absolute Gasteiger partial charge is 0.416 e. The predicted molar refractivity (Wildman–Crippen MR) is 90.5 cm³/mol. The van der Waals surface area contributed by atoms with Crippen LogP contribution >= 0.6 is 24.0 Å². The number of rotatable bonds is 3. The quantitative estimate of drug-likeness (QED) is 0.819. The number of carbonyl (C=O) groups is 1. The lowest BCUT2D eigenvalue weighted by atomic mass is 10.2. The molecule has 1 fully saturated rings. The van der Waals surface area contributed by atoms with Crippen LogP contribution in [-0.4, -0.2) is 33.5 Å².